The lowest BCUT2D eigenvalue weighted by Gasteiger charge is -2.11. The Labute approximate surface area is 73.4 Å². The van der Waals surface area contributed by atoms with Crippen molar-refractivity contribution in [1.29, 1.82) is 0 Å². The fraction of sp³-hybridized carbons (Fsp3) is 0.364. The summed E-state index contributed by atoms with van der Waals surface area (Å²) in [5.41, 5.74) is 0. The van der Waals surface area contributed by atoms with Crippen LogP contribution in [0, 0.1) is 12.5 Å². The first kappa shape index (κ1) is 7.66. The van der Waals surface area contributed by atoms with Gasteiger partial charge in [-0.25, -0.2) is 0 Å². The molecular formula is C11H12O. The summed E-state index contributed by atoms with van der Waals surface area (Å²) < 4.78 is 5.71. The first-order chi connectivity index (χ1) is 5.95. The summed E-state index contributed by atoms with van der Waals surface area (Å²) in [4.78, 5) is 0. The number of rotatable bonds is 2. The van der Waals surface area contributed by atoms with Crippen molar-refractivity contribution in [3.63, 3.8) is 0 Å². The molecule has 0 heterocycles. The maximum atomic E-state index is 5.71. The molecule has 2 radical (unpaired) electrons. The molecule has 62 valence electrons. The average Bonchev–Trinajstić information content (AvgIpc) is 2.59. The minimum Gasteiger partial charge on any atom is -0.490 e. The molecule has 1 aromatic carbocycles. The van der Waals surface area contributed by atoms with Crippen LogP contribution in [0.5, 0.6) is 5.75 Å². The van der Waals surface area contributed by atoms with Gasteiger partial charge >= 0.3 is 0 Å². The maximum Gasteiger partial charge on any atom is 0.120 e. The Morgan fingerprint density at radius 1 is 1.50 bits per heavy atom. The van der Waals surface area contributed by atoms with Crippen LogP contribution >= 0.6 is 0 Å². The molecule has 1 fully saturated rings. The van der Waals surface area contributed by atoms with Gasteiger partial charge < -0.3 is 4.74 Å². The third kappa shape index (κ3) is 1.79. The molecule has 1 aliphatic carbocycles. The van der Waals surface area contributed by atoms with E-state index in [4.69, 9.17) is 4.74 Å². The predicted octanol–water partition coefficient (Wildman–Crippen LogP) is 2.62. The highest BCUT2D eigenvalue weighted by Crippen LogP contribution is 2.22. The maximum absolute atomic E-state index is 5.71. The molecule has 1 saturated carbocycles. The quantitative estimate of drug-likeness (QED) is 0.646. The normalized spacial score (nSPS) is 18.0. The molecule has 0 amide bonds. The Morgan fingerprint density at radius 2 is 2.50 bits per heavy atom. The summed E-state index contributed by atoms with van der Waals surface area (Å²) in [6.45, 7) is 0. The smallest absolute Gasteiger partial charge is 0.120 e. The van der Waals surface area contributed by atoms with Crippen molar-refractivity contribution in [3.05, 3.63) is 36.8 Å². The highest BCUT2D eigenvalue weighted by atomic mass is 16.5. The van der Waals surface area contributed by atoms with Gasteiger partial charge in [0.15, 0.2) is 0 Å². The van der Waals surface area contributed by atoms with E-state index in [-0.39, 0.29) is 0 Å². The molecule has 0 aliphatic heterocycles. The van der Waals surface area contributed by atoms with E-state index in [9.17, 15) is 0 Å². The van der Waals surface area contributed by atoms with Gasteiger partial charge in [-0.2, -0.15) is 0 Å². The highest BCUT2D eigenvalue weighted by molar-refractivity contribution is 5.20. The average molecular weight is 160 g/mol. The molecule has 2 rings (SSSR count). The van der Waals surface area contributed by atoms with Crippen LogP contribution in [0.1, 0.15) is 19.3 Å². The molecule has 1 atom stereocenters. The molecule has 1 heteroatoms. The van der Waals surface area contributed by atoms with E-state index in [0.29, 0.717) is 6.10 Å². The van der Waals surface area contributed by atoms with Crippen molar-refractivity contribution in [1.82, 2.24) is 0 Å². The summed E-state index contributed by atoms with van der Waals surface area (Å²) in [5, 5.41) is 0. The van der Waals surface area contributed by atoms with E-state index in [0.717, 1.165) is 18.6 Å². The van der Waals surface area contributed by atoms with Crippen LogP contribution in [0.3, 0.4) is 0 Å². The Hall–Kier alpha value is -0.980. The minimum absolute atomic E-state index is 0.404. The number of benzene rings is 1. The molecule has 1 nitrogen and oxygen atoms in total. The number of hydrogen-bond donors (Lipinski definition) is 0. The second-order valence-corrected chi connectivity index (χ2v) is 3.08. The van der Waals surface area contributed by atoms with Crippen LogP contribution in [0.2, 0.25) is 0 Å². The molecule has 0 N–H and O–H groups in total. The fourth-order valence-electron chi connectivity index (χ4n) is 1.47. The molecule has 0 saturated heterocycles. The van der Waals surface area contributed by atoms with Crippen LogP contribution in [0.4, 0.5) is 0 Å². The van der Waals surface area contributed by atoms with E-state index in [1.807, 2.05) is 24.3 Å². The first-order valence-corrected chi connectivity index (χ1v) is 4.39. The lowest BCUT2D eigenvalue weighted by Crippen LogP contribution is -2.10. The molecular weight excluding hydrogens is 148 g/mol. The second-order valence-electron chi connectivity index (χ2n) is 3.08. The third-order valence-electron chi connectivity index (χ3n) is 2.10. The van der Waals surface area contributed by atoms with Gasteiger partial charge in [0, 0.05) is 0 Å². The summed E-state index contributed by atoms with van der Waals surface area (Å²) in [6, 6.07) is 10.7. The van der Waals surface area contributed by atoms with Gasteiger partial charge in [0.05, 0.1) is 6.10 Å². The van der Waals surface area contributed by atoms with Gasteiger partial charge in [-0.15, -0.1) is 0 Å². The molecule has 0 aromatic heterocycles. The number of hydrogen-bond acceptors (Lipinski definition) is 1. The summed E-state index contributed by atoms with van der Waals surface area (Å²) in [5.74, 6) is 0.942. The number of ether oxygens (including phenoxy) is 1. The Balaban J connectivity index is 1.94. The van der Waals surface area contributed by atoms with E-state index in [2.05, 4.69) is 12.5 Å². The highest BCUT2D eigenvalue weighted by Gasteiger charge is 2.16. The van der Waals surface area contributed by atoms with Crippen molar-refractivity contribution < 1.29 is 4.74 Å². The molecule has 1 aromatic rings. The zero-order valence-electron chi connectivity index (χ0n) is 6.99. The van der Waals surface area contributed by atoms with E-state index >= 15 is 0 Å². The van der Waals surface area contributed by atoms with Crippen LogP contribution in [0.25, 0.3) is 0 Å². The zero-order chi connectivity index (χ0) is 8.23. The van der Waals surface area contributed by atoms with Crippen molar-refractivity contribution in [2.24, 2.45) is 0 Å². The molecule has 12 heavy (non-hydrogen) atoms. The Bertz CT molecular complexity index is 224. The van der Waals surface area contributed by atoms with E-state index < -0.39 is 0 Å². The van der Waals surface area contributed by atoms with Crippen molar-refractivity contribution in [3.8, 4) is 5.75 Å². The van der Waals surface area contributed by atoms with Gasteiger partial charge in [0.25, 0.3) is 0 Å². The molecule has 1 unspecified atom stereocenters. The topological polar surface area (TPSA) is 9.23 Å². The summed E-state index contributed by atoms with van der Waals surface area (Å²) in [7, 11) is 0. The lowest BCUT2D eigenvalue weighted by atomic mass is 10.3. The standard InChI is InChI=1S/C11H12O/c1-2-6-10(7-3-1)12-11-8-4-5-9-11/h1-2,4,6-7,11H,5,8-9H2. The predicted molar refractivity (Wildman–Crippen MR) is 47.8 cm³/mol. The zero-order valence-corrected chi connectivity index (χ0v) is 6.99. The van der Waals surface area contributed by atoms with Crippen molar-refractivity contribution in [2.75, 3.05) is 0 Å². The molecule has 0 spiro atoms. The van der Waals surface area contributed by atoms with Gasteiger partial charge in [-0.3, -0.25) is 0 Å². The van der Waals surface area contributed by atoms with Gasteiger partial charge in [-0.1, -0.05) is 12.1 Å². The lowest BCUT2D eigenvalue weighted by molar-refractivity contribution is 0.212. The van der Waals surface area contributed by atoms with Crippen LogP contribution < -0.4 is 4.74 Å². The van der Waals surface area contributed by atoms with Crippen LogP contribution in [-0.4, -0.2) is 6.10 Å². The summed E-state index contributed by atoms with van der Waals surface area (Å²) in [6.07, 6.45) is 6.14. The van der Waals surface area contributed by atoms with Crippen molar-refractivity contribution in [2.45, 2.75) is 25.4 Å². The fourth-order valence-corrected chi connectivity index (χ4v) is 1.47. The van der Waals surface area contributed by atoms with E-state index in [1.54, 1.807) is 0 Å². The van der Waals surface area contributed by atoms with Gasteiger partial charge in [0.1, 0.15) is 5.75 Å². The van der Waals surface area contributed by atoms with E-state index in [1.165, 1.54) is 6.42 Å². The monoisotopic (exact) mass is 160 g/mol. The Kier molecular flexibility index (Phi) is 2.31. The van der Waals surface area contributed by atoms with Gasteiger partial charge in [-0.05, 0) is 43.9 Å². The molecule has 1 aliphatic rings. The SMILES string of the molecule is [c]1cccc(OC2C[CH]CC2)c1. The third-order valence-corrected chi connectivity index (χ3v) is 2.10. The minimum atomic E-state index is 0.404. The van der Waals surface area contributed by atoms with Crippen LogP contribution in [-0.2, 0) is 0 Å². The second kappa shape index (κ2) is 3.61. The largest absolute Gasteiger partial charge is 0.490 e. The first-order valence-electron chi connectivity index (χ1n) is 4.39. The summed E-state index contributed by atoms with van der Waals surface area (Å²) >= 11 is 0. The van der Waals surface area contributed by atoms with Crippen molar-refractivity contribution >= 4 is 0 Å². The van der Waals surface area contributed by atoms with Gasteiger partial charge in [0.2, 0.25) is 0 Å². The molecule has 0 bridgehead atoms. The Morgan fingerprint density at radius 3 is 3.17 bits per heavy atom. The van der Waals surface area contributed by atoms with Crippen LogP contribution in [0.15, 0.2) is 24.3 Å².